The second kappa shape index (κ2) is 5.36. The van der Waals surface area contributed by atoms with E-state index in [1.54, 1.807) is 7.05 Å². The van der Waals surface area contributed by atoms with Gasteiger partial charge in [0.05, 0.1) is 7.05 Å². The summed E-state index contributed by atoms with van der Waals surface area (Å²) in [5.41, 5.74) is -9.16. The first-order valence-electron chi connectivity index (χ1n) is 3.28. The van der Waals surface area contributed by atoms with E-state index in [1.807, 2.05) is 0 Å². The molecule has 0 rings (SSSR count). The molecule has 0 saturated heterocycles. The van der Waals surface area contributed by atoms with E-state index < -0.39 is 31.1 Å². The average Bonchev–Trinajstić information content (AvgIpc) is 2.01. The molecule has 0 heterocycles. The van der Waals surface area contributed by atoms with E-state index >= 15 is 0 Å². The molecule has 6 nitrogen and oxygen atoms in total. The van der Waals surface area contributed by atoms with Crippen LogP contribution in [0.4, 0.5) is 26.3 Å². The summed E-state index contributed by atoms with van der Waals surface area (Å²) in [6.45, 7) is 0. The number of hydrogen-bond acceptors (Lipinski definition) is 4. The summed E-state index contributed by atoms with van der Waals surface area (Å²) in [6, 6.07) is 0. The second-order valence-electron chi connectivity index (χ2n) is 1.92. The number of hydrogen-bond donors (Lipinski definition) is 1. The number of quaternary nitrogens is 1. The normalized spacial score (nSPS) is 13.9. The van der Waals surface area contributed by atoms with E-state index in [4.69, 9.17) is 0 Å². The molecule has 0 atom stereocenters. The van der Waals surface area contributed by atoms with Crippen molar-refractivity contribution in [2.75, 3.05) is 7.05 Å². The van der Waals surface area contributed by atoms with Crippen molar-refractivity contribution in [3.63, 3.8) is 0 Å². The van der Waals surface area contributed by atoms with Crippen LogP contribution in [0.1, 0.15) is 0 Å². The Hall–Kier alpha value is -0.600. The second-order valence-corrected chi connectivity index (χ2v) is 5.34. The van der Waals surface area contributed by atoms with E-state index in [2.05, 4.69) is 5.73 Å². The summed E-state index contributed by atoms with van der Waals surface area (Å²) in [7, 11) is -11.7. The highest BCUT2D eigenvalue weighted by Gasteiger charge is 2.46. The summed E-state index contributed by atoms with van der Waals surface area (Å²) >= 11 is 0. The monoisotopic (exact) mass is 312 g/mol. The van der Waals surface area contributed by atoms with Crippen molar-refractivity contribution in [2.45, 2.75) is 11.0 Å². The van der Waals surface area contributed by atoms with Crippen molar-refractivity contribution in [3.05, 3.63) is 4.13 Å². The van der Waals surface area contributed by atoms with Gasteiger partial charge in [-0.25, -0.2) is 16.8 Å². The van der Waals surface area contributed by atoms with E-state index in [0.29, 0.717) is 0 Å². The van der Waals surface area contributed by atoms with Crippen LogP contribution in [0.2, 0.25) is 0 Å². The van der Waals surface area contributed by atoms with Gasteiger partial charge in [-0.05, 0) is 0 Å². The molecule has 3 N–H and O–H groups in total. The lowest BCUT2D eigenvalue weighted by molar-refractivity contribution is -0.325. The zero-order valence-electron chi connectivity index (χ0n) is 7.87. The quantitative estimate of drug-likeness (QED) is 0.719. The third-order valence-electron chi connectivity index (χ3n) is 0.781. The van der Waals surface area contributed by atoms with Crippen molar-refractivity contribution in [2.24, 2.45) is 0 Å². The summed E-state index contributed by atoms with van der Waals surface area (Å²) in [4.78, 5) is 0. The van der Waals surface area contributed by atoms with Gasteiger partial charge in [-0.15, -0.1) is 0 Å². The van der Waals surface area contributed by atoms with Crippen LogP contribution in [0.15, 0.2) is 0 Å². The van der Waals surface area contributed by atoms with Gasteiger partial charge in [-0.1, -0.05) is 0 Å². The predicted octanol–water partition coefficient (Wildman–Crippen LogP) is -0.0826. The van der Waals surface area contributed by atoms with E-state index in [0.717, 1.165) is 4.13 Å². The fourth-order valence-corrected chi connectivity index (χ4v) is 1.92. The molecule has 0 radical (unpaired) electrons. The van der Waals surface area contributed by atoms with Crippen molar-refractivity contribution in [1.29, 1.82) is 0 Å². The fraction of sp³-hybridized carbons (Fsp3) is 1.00. The minimum Gasteiger partial charge on any atom is -0.421 e. The molecule has 106 valence electrons. The number of sulfonamides is 2. The Morgan fingerprint density at radius 3 is 1.06 bits per heavy atom. The van der Waals surface area contributed by atoms with Crippen LogP contribution < -0.4 is 5.73 Å². The molecule has 0 aliphatic carbocycles. The lowest BCUT2D eigenvalue weighted by Crippen LogP contribution is -2.40. The molecule has 0 unspecified atom stereocenters. The Labute approximate surface area is 91.9 Å². The molecule has 0 saturated carbocycles. The van der Waals surface area contributed by atoms with E-state index in [1.165, 1.54) is 0 Å². The van der Waals surface area contributed by atoms with E-state index in [9.17, 15) is 43.2 Å². The van der Waals surface area contributed by atoms with Crippen LogP contribution in [0.25, 0.3) is 4.13 Å². The zero-order valence-corrected chi connectivity index (χ0v) is 9.50. The summed E-state index contributed by atoms with van der Waals surface area (Å²) < 4.78 is 109. The summed E-state index contributed by atoms with van der Waals surface area (Å²) in [6.07, 6.45) is 0. The predicted molar refractivity (Wildman–Crippen MR) is 42.1 cm³/mol. The van der Waals surface area contributed by atoms with Crippen LogP contribution in [0, 0.1) is 0 Å². The standard InChI is InChI=1S/C2F6NO4S2.CH5N/c3-1(4,5)14(10,11)9-15(12,13)2(6,7)8;1-2/h;2H2,1H3/q-1;/p+1. The third-order valence-corrected chi connectivity index (χ3v) is 3.52. The molecule has 14 heteroatoms. The maximum Gasteiger partial charge on any atom is 0.480 e. The van der Waals surface area contributed by atoms with E-state index in [-0.39, 0.29) is 0 Å². The lowest BCUT2D eigenvalue weighted by Gasteiger charge is -2.22. The van der Waals surface area contributed by atoms with Crippen molar-refractivity contribution >= 4 is 20.0 Å². The minimum atomic E-state index is -6.72. The van der Waals surface area contributed by atoms with Crippen LogP contribution in [0.5, 0.6) is 0 Å². The minimum absolute atomic E-state index is 0.778. The maximum atomic E-state index is 11.4. The first kappa shape index (κ1) is 18.8. The number of halogens is 6. The molecular weight excluding hydrogens is 306 g/mol. The fourth-order valence-electron chi connectivity index (χ4n) is 0.214. The van der Waals surface area contributed by atoms with Crippen LogP contribution in [0.3, 0.4) is 0 Å². The molecule has 0 fully saturated rings. The molecule has 0 aromatic carbocycles. The Morgan fingerprint density at radius 2 is 0.941 bits per heavy atom. The van der Waals surface area contributed by atoms with Crippen molar-refractivity contribution in [1.82, 2.24) is 0 Å². The number of rotatable bonds is 2. The Morgan fingerprint density at radius 1 is 0.765 bits per heavy atom. The zero-order chi connectivity index (χ0) is 14.7. The van der Waals surface area contributed by atoms with Gasteiger partial charge in [0.2, 0.25) is 0 Å². The van der Waals surface area contributed by atoms with Gasteiger partial charge in [0.25, 0.3) is 0 Å². The Bertz CT molecular complexity index is 391. The average molecular weight is 312 g/mol. The highest BCUT2D eigenvalue weighted by atomic mass is 32.3. The topological polar surface area (TPSA) is 110 Å². The van der Waals surface area contributed by atoms with Gasteiger partial charge >= 0.3 is 11.0 Å². The Kier molecular flexibility index (Phi) is 5.92. The summed E-state index contributed by atoms with van der Waals surface area (Å²) in [5, 5.41) is 0. The highest BCUT2D eigenvalue weighted by Crippen LogP contribution is 2.36. The van der Waals surface area contributed by atoms with Crippen LogP contribution in [-0.4, -0.2) is 34.9 Å². The molecule has 0 aliphatic rings. The first-order chi connectivity index (χ1) is 7.21. The molecule has 0 bridgehead atoms. The molecule has 0 spiro atoms. The number of nitrogens with zero attached hydrogens (tertiary/aromatic N) is 1. The highest BCUT2D eigenvalue weighted by molar-refractivity contribution is 8.12. The molecule has 0 aromatic rings. The van der Waals surface area contributed by atoms with Gasteiger partial charge in [0.15, 0.2) is 20.0 Å². The van der Waals surface area contributed by atoms with Crippen LogP contribution >= 0.6 is 0 Å². The summed E-state index contributed by atoms with van der Waals surface area (Å²) in [5.74, 6) is 0. The SMILES string of the molecule is C[NH3+].O=S(=O)([N-]S(=O)(=O)C(F)(F)F)C(F)(F)F. The van der Waals surface area contributed by atoms with Gasteiger partial charge in [-0.2, -0.15) is 26.3 Å². The molecule has 17 heavy (non-hydrogen) atoms. The maximum absolute atomic E-state index is 11.4. The van der Waals surface area contributed by atoms with Crippen molar-refractivity contribution in [3.8, 4) is 0 Å². The molecule has 0 aromatic heterocycles. The Balaban J connectivity index is 0. The van der Waals surface area contributed by atoms with Crippen LogP contribution in [-0.2, 0) is 20.0 Å². The first-order valence-corrected chi connectivity index (χ1v) is 6.16. The largest absolute Gasteiger partial charge is 0.480 e. The van der Waals surface area contributed by atoms with Gasteiger partial charge in [0, 0.05) is 0 Å². The molecular formula is C3H6F6N2O4S2. The lowest BCUT2D eigenvalue weighted by atomic mass is 11.6. The molecule has 0 amide bonds. The molecule has 0 aliphatic heterocycles. The number of alkyl halides is 6. The van der Waals surface area contributed by atoms with Gasteiger partial charge in [-0.3, -0.25) is 0 Å². The van der Waals surface area contributed by atoms with Crippen molar-refractivity contribution < 1.29 is 48.9 Å². The third kappa shape index (κ3) is 5.05. The van der Waals surface area contributed by atoms with Gasteiger partial charge in [0.1, 0.15) is 0 Å². The van der Waals surface area contributed by atoms with Gasteiger partial charge < -0.3 is 9.86 Å². The smallest absolute Gasteiger partial charge is 0.421 e.